The number of benzene rings is 1. The lowest BCUT2D eigenvalue weighted by molar-refractivity contribution is -0.143. The zero-order valence-electron chi connectivity index (χ0n) is 12.1. The first kappa shape index (κ1) is 19.4. The molecule has 0 saturated heterocycles. The number of carbonyl (C=O) groups excluding carboxylic acids is 1. The molecular weight excluding hydrogens is 609 g/mol. The second kappa shape index (κ2) is 9.48. The van der Waals surface area contributed by atoms with Gasteiger partial charge in [0, 0.05) is 31.2 Å². The predicted octanol–water partition coefficient (Wildman–Crippen LogP) is 4.22. The third kappa shape index (κ3) is 6.16. The molecule has 0 aliphatic heterocycles. The standard InChI is InChI=1S/C14H17I3N2O2/c1-4-21-12(20)6-5-9-10(15)7-11(16)14(13(9)17)18-8-19(2)3/h7-8H,4-6H2,1-3H3. The molecule has 0 aliphatic carbocycles. The Balaban J connectivity index is 3.04. The molecule has 0 saturated carbocycles. The number of aliphatic imine (C=N–C) groups is 1. The Morgan fingerprint density at radius 1 is 1.33 bits per heavy atom. The Morgan fingerprint density at radius 2 is 2.00 bits per heavy atom. The molecule has 7 heteroatoms. The van der Waals surface area contributed by atoms with E-state index in [-0.39, 0.29) is 5.97 Å². The van der Waals surface area contributed by atoms with Gasteiger partial charge in [0.1, 0.15) is 0 Å². The van der Waals surface area contributed by atoms with Gasteiger partial charge in [0.15, 0.2) is 0 Å². The van der Waals surface area contributed by atoms with Gasteiger partial charge in [-0.1, -0.05) is 0 Å². The minimum atomic E-state index is -0.152. The minimum absolute atomic E-state index is 0.152. The van der Waals surface area contributed by atoms with E-state index in [0.29, 0.717) is 19.4 Å². The summed E-state index contributed by atoms with van der Waals surface area (Å²) in [4.78, 5) is 18.0. The average molecular weight is 626 g/mol. The second-order valence-electron chi connectivity index (χ2n) is 4.49. The van der Waals surface area contributed by atoms with E-state index in [4.69, 9.17) is 4.74 Å². The van der Waals surface area contributed by atoms with Gasteiger partial charge in [-0.15, -0.1) is 0 Å². The molecule has 0 spiro atoms. The van der Waals surface area contributed by atoms with Crippen LogP contribution in [0.2, 0.25) is 0 Å². The van der Waals surface area contributed by atoms with Crippen LogP contribution in [0.5, 0.6) is 0 Å². The fourth-order valence-electron chi connectivity index (χ4n) is 1.60. The molecule has 0 unspecified atom stereocenters. The van der Waals surface area contributed by atoms with Crippen LogP contribution in [-0.4, -0.2) is 37.9 Å². The first-order valence-electron chi connectivity index (χ1n) is 6.39. The molecule has 0 radical (unpaired) electrons. The van der Waals surface area contributed by atoms with Gasteiger partial charge in [-0.05, 0) is 92.7 Å². The topological polar surface area (TPSA) is 41.9 Å². The van der Waals surface area contributed by atoms with Crippen molar-refractivity contribution in [3.05, 3.63) is 22.3 Å². The summed E-state index contributed by atoms with van der Waals surface area (Å²) >= 11 is 6.92. The van der Waals surface area contributed by atoms with E-state index in [0.717, 1.165) is 22.0 Å². The second-order valence-corrected chi connectivity index (χ2v) is 7.90. The summed E-state index contributed by atoms with van der Waals surface area (Å²) < 4.78 is 8.37. The van der Waals surface area contributed by atoms with Crippen molar-refractivity contribution in [2.45, 2.75) is 19.8 Å². The summed E-state index contributed by atoms with van der Waals surface area (Å²) in [5, 5.41) is 0. The normalized spacial score (nSPS) is 11.0. The Hall–Kier alpha value is 0.350. The van der Waals surface area contributed by atoms with E-state index in [2.05, 4.69) is 78.8 Å². The Morgan fingerprint density at radius 3 is 2.57 bits per heavy atom. The lowest BCUT2D eigenvalue weighted by Gasteiger charge is -2.12. The molecule has 21 heavy (non-hydrogen) atoms. The molecule has 0 aromatic heterocycles. The predicted molar refractivity (Wildman–Crippen MR) is 111 cm³/mol. The van der Waals surface area contributed by atoms with Gasteiger partial charge >= 0.3 is 5.97 Å². The van der Waals surface area contributed by atoms with Crippen molar-refractivity contribution >= 4 is 85.8 Å². The molecule has 1 aromatic rings. The Bertz CT molecular complexity index is 546. The van der Waals surface area contributed by atoms with E-state index in [1.807, 2.05) is 25.9 Å². The molecule has 0 atom stereocenters. The van der Waals surface area contributed by atoms with Crippen LogP contribution in [0.15, 0.2) is 11.1 Å². The van der Waals surface area contributed by atoms with Gasteiger partial charge in [-0.2, -0.15) is 0 Å². The maximum atomic E-state index is 11.5. The fraction of sp³-hybridized carbons (Fsp3) is 0.429. The SMILES string of the molecule is CCOC(=O)CCc1c(I)cc(I)c(N=CN(C)C)c1I. The molecule has 1 rings (SSSR count). The quantitative estimate of drug-likeness (QED) is 0.206. The van der Waals surface area contributed by atoms with Crippen molar-refractivity contribution in [2.75, 3.05) is 20.7 Å². The summed E-state index contributed by atoms with van der Waals surface area (Å²) in [6, 6.07) is 2.10. The number of ether oxygens (including phenoxy) is 1. The van der Waals surface area contributed by atoms with E-state index in [1.165, 1.54) is 0 Å². The molecule has 0 fully saturated rings. The van der Waals surface area contributed by atoms with Gasteiger partial charge in [-0.25, -0.2) is 4.99 Å². The van der Waals surface area contributed by atoms with Gasteiger partial charge < -0.3 is 9.64 Å². The van der Waals surface area contributed by atoms with Crippen LogP contribution in [0, 0.1) is 10.7 Å². The first-order chi connectivity index (χ1) is 9.86. The maximum Gasteiger partial charge on any atom is 0.306 e. The van der Waals surface area contributed by atoms with Gasteiger partial charge in [0.2, 0.25) is 0 Å². The largest absolute Gasteiger partial charge is 0.466 e. The van der Waals surface area contributed by atoms with Gasteiger partial charge in [-0.3, -0.25) is 4.79 Å². The molecule has 0 amide bonds. The van der Waals surface area contributed by atoms with Gasteiger partial charge in [0.05, 0.1) is 18.6 Å². The molecule has 0 bridgehead atoms. The highest BCUT2D eigenvalue weighted by molar-refractivity contribution is 14.1. The smallest absolute Gasteiger partial charge is 0.306 e. The van der Waals surface area contributed by atoms with Crippen LogP contribution in [0.1, 0.15) is 18.9 Å². The number of hydrogen-bond donors (Lipinski definition) is 0. The van der Waals surface area contributed by atoms with Crippen LogP contribution in [0.25, 0.3) is 0 Å². The van der Waals surface area contributed by atoms with Crippen LogP contribution in [-0.2, 0) is 16.0 Å². The first-order valence-corrected chi connectivity index (χ1v) is 9.63. The summed E-state index contributed by atoms with van der Waals surface area (Å²) in [5.41, 5.74) is 2.12. The Kier molecular flexibility index (Phi) is 8.76. The number of rotatable bonds is 6. The molecule has 0 heterocycles. The summed E-state index contributed by atoms with van der Waals surface area (Å²) in [7, 11) is 3.88. The van der Waals surface area contributed by atoms with Crippen LogP contribution in [0.3, 0.4) is 0 Å². The fourth-order valence-corrected chi connectivity index (χ4v) is 5.79. The van der Waals surface area contributed by atoms with Crippen molar-refractivity contribution in [3.8, 4) is 0 Å². The number of hydrogen-bond acceptors (Lipinski definition) is 3. The summed E-state index contributed by atoms with van der Waals surface area (Å²) in [5.74, 6) is -0.152. The van der Waals surface area contributed by atoms with Crippen molar-refractivity contribution in [1.82, 2.24) is 4.90 Å². The molecule has 4 nitrogen and oxygen atoms in total. The van der Waals surface area contributed by atoms with Crippen LogP contribution < -0.4 is 0 Å². The highest BCUT2D eigenvalue weighted by Gasteiger charge is 2.15. The van der Waals surface area contributed by atoms with Crippen molar-refractivity contribution in [3.63, 3.8) is 0 Å². The maximum absolute atomic E-state index is 11.5. The number of nitrogens with zero attached hydrogens (tertiary/aromatic N) is 2. The van der Waals surface area contributed by atoms with Gasteiger partial charge in [0.25, 0.3) is 0 Å². The minimum Gasteiger partial charge on any atom is -0.466 e. The monoisotopic (exact) mass is 626 g/mol. The van der Waals surface area contributed by atoms with Crippen LogP contribution in [0.4, 0.5) is 5.69 Å². The van der Waals surface area contributed by atoms with E-state index in [9.17, 15) is 4.79 Å². The third-order valence-corrected chi connectivity index (χ3v) is 5.49. The van der Waals surface area contributed by atoms with E-state index < -0.39 is 0 Å². The molecule has 0 aliphatic rings. The Labute approximate surface area is 166 Å². The molecule has 1 aromatic carbocycles. The molecule has 0 N–H and O–H groups in total. The van der Waals surface area contributed by atoms with Crippen molar-refractivity contribution in [2.24, 2.45) is 4.99 Å². The van der Waals surface area contributed by atoms with Crippen molar-refractivity contribution in [1.29, 1.82) is 0 Å². The summed E-state index contributed by atoms with van der Waals surface area (Å²) in [6.07, 6.45) is 2.87. The lowest BCUT2D eigenvalue weighted by Crippen LogP contribution is -2.08. The zero-order valence-corrected chi connectivity index (χ0v) is 18.6. The molecular formula is C14H17I3N2O2. The number of carbonyl (C=O) groups is 1. The van der Waals surface area contributed by atoms with E-state index >= 15 is 0 Å². The molecule has 116 valence electrons. The van der Waals surface area contributed by atoms with Crippen molar-refractivity contribution < 1.29 is 9.53 Å². The third-order valence-electron chi connectivity index (χ3n) is 2.54. The highest BCUT2D eigenvalue weighted by Crippen LogP contribution is 2.34. The van der Waals surface area contributed by atoms with Crippen LogP contribution >= 0.6 is 67.8 Å². The lowest BCUT2D eigenvalue weighted by atomic mass is 10.1. The summed E-state index contributed by atoms with van der Waals surface area (Å²) in [6.45, 7) is 2.25. The number of esters is 1. The zero-order chi connectivity index (χ0) is 16.0. The highest BCUT2D eigenvalue weighted by atomic mass is 127. The number of halogens is 3. The van der Waals surface area contributed by atoms with E-state index in [1.54, 1.807) is 6.34 Å². The average Bonchev–Trinajstić information content (AvgIpc) is 2.37.